The van der Waals surface area contributed by atoms with Gasteiger partial charge in [-0.05, 0) is 81.0 Å². The number of rotatable bonds is 3. The monoisotopic (exact) mass is 759 g/mol. The highest BCUT2D eigenvalue weighted by Gasteiger charge is 2.28. The molecule has 9 aromatic carbocycles. The van der Waals surface area contributed by atoms with E-state index >= 15 is 0 Å². The van der Waals surface area contributed by atoms with Gasteiger partial charge in [-0.3, -0.25) is 0 Å². The van der Waals surface area contributed by atoms with E-state index in [4.69, 9.17) is 9.97 Å². The van der Waals surface area contributed by atoms with Crippen molar-refractivity contribution in [3.05, 3.63) is 176 Å². The van der Waals surface area contributed by atoms with Crippen LogP contribution in [0.5, 0.6) is 0 Å². The van der Waals surface area contributed by atoms with Crippen molar-refractivity contribution in [2.45, 2.75) is 0 Å². The van der Waals surface area contributed by atoms with Gasteiger partial charge >= 0.3 is 0 Å². The minimum Gasteiger partial charge on any atom is -0.309 e. The zero-order valence-corrected chi connectivity index (χ0v) is 32.0. The van der Waals surface area contributed by atoms with Gasteiger partial charge in [0.2, 0.25) is 0 Å². The highest BCUT2D eigenvalue weighted by atomic mass is 32.1. The molecule has 0 saturated carbocycles. The Morgan fingerprint density at radius 3 is 1.95 bits per heavy atom. The molecule has 3 aromatic heterocycles. The molecule has 1 aliphatic rings. The molecular weight excluding hydrogens is 731 g/mol. The minimum atomic E-state index is 0.727. The summed E-state index contributed by atoms with van der Waals surface area (Å²) < 4.78 is 4.89. The molecule has 0 fully saturated rings. The van der Waals surface area contributed by atoms with Gasteiger partial charge in [-0.2, -0.15) is 0 Å². The van der Waals surface area contributed by atoms with E-state index in [0.29, 0.717) is 0 Å². The van der Waals surface area contributed by atoms with Gasteiger partial charge < -0.3 is 4.90 Å². The third-order valence-corrected chi connectivity index (χ3v) is 14.0. The molecular formula is C52H29N3S2. The summed E-state index contributed by atoms with van der Waals surface area (Å²) in [5.41, 5.74) is 9.99. The third-order valence-electron chi connectivity index (χ3n) is 11.7. The summed E-state index contributed by atoms with van der Waals surface area (Å²) in [7, 11) is 0. The quantitative estimate of drug-likeness (QED) is 0.180. The lowest BCUT2D eigenvalue weighted by Gasteiger charge is -2.34. The first kappa shape index (κ1) is 31.3. The molecule has 57 heavy (non-hydrogen) atoms. The highest BCUT2D eigenvalue weighted by Crippen LogP contribution is 2.53. The van der Waals surface area contributed by atoms with E-state index in [1.807, 2.05) is 11.3 Å². The number of nitrogens with zero attached hydrogens (tertiary/aromatic N) is 3. The van der Waals surface area contributed by atoms with Crippen LogP contribution in [0.15, 0.2) is 176 Å². The largest absolute Gasteiger partial charge is 0.309 e. The lowest BCUT2D eigenvalue weighted by molar-refractivity contribution is 1.24. The van der Waals surface area contributed by atoms with Crippen LogP contribution < -0.4 is 4.90 Å². The maximum Gasteiger partial charge on any atom is 0.161 e. The summed E-state index contributed by atoms with van der Waals surface area (Å²) in [4.78, 5) is 13.5. The van der Waals surface area contributed by atoms with Crippen molar-refractivity contribution in [1.29, 1.82) is 0 Å². The maximum atomic E-state index is 5.58. The summed E-state index contributed by atoms with van der Waals surface area (Å²) in [6.45, 7) is 0. The Bertz CT molecular complexity index is 3670. The van der Waals surface area contributed by atoms with Crippen molar-refractivity contribution in [2.24, 2.45) is 0 Å². The zero-order chi connectivity index (χ0) is 37.2. The first-order valence-corrected chi connectivity index (χ1v) is 20.9. The van der Waals surface area contributed by atoms with Crippen LogP contribution in [0.25, 0.3) is 107 Å². The smallest absolute Gasteiger partial charge is 0.161 e. The van der Waals surface area contributed by atoms with E-state index in [2.05, 4.69) is 181 Å². The van der Waals surface area contributed by atoms with Crippen molar-refractivity contribution < 1.29 is 0 Å². The Kier molecular flexibility index (Phi) is 6.48. The highest BCUT2D eigenvalue weighted by molar-refractivity contribution is 7.26. The fraction of sp³-hybridized carbons (Fsp3) is 0. The predicted molar refractivity (Wildman–Crippen MR) is 245 cm³/mol. The summed E-state index contributed by atoms with van der Waals surface area (Å²) in [5, 5.41) is 11.0. The van der Waals surface area contributed by atoms with Crippen LogP contribution in [-0.4, -0.2) is 9.97 Å². The van der Waals surface area contributed by atoms with Crippen LogP contribution in [0.2, 0.25) is 0 Å². The molecule has 12 aromatic rings. The molecule has 0 N–H and O–H groups in total. The van der Waals surface area contributed by atoms with E-state index in [1.165, 1.54) is 68.9 Å². The molecule has 0 spiro atoms. The van der Waals surface area contributed by atoms with E-state index < -0.39 is 0 Å². The van der Waals surface area contributed by atoms with Gasteiger partial charge in [-0.15, -0.1) is 22.7 Å². The van der Waals surface area contributed by atoms with Gasteiger partial charge in [0.05, 0.1) is 27.3 Å². The summed E-state index contributed by atoms with van der Waals surface area (Å²) in [5.74, 6) is 0.727. The lowest BCUT2D eigenvalue weighted by atomic mass is 9.89. The Labute approximate surface area is 335 Å². The van der Waals surface area contributed by atoms with Crippen LogP contribution >= 0.6 is 22.7 Å². The average molecular weight is 760 g/mol. The van der Waals surface area contributed by atoms with Gasteiger partial charge in [-0.25, -0.2) is 9.97 Å². The summed E-state index contributed by atoms with van der Waals surface area (Å²) in [6.07, 6.45) is 0. The molecule has 0 saturated heterocycles. The number of thiophene rings is 2. The van der Waals surface area contributed by atoms with Crippen LogP contribution in [0.3, 0.4) is 0 Å². The average Bonchev–Trinajstić information content (AvgIpc) is 3.83. The molecule has 3 nitrogen and oxygen atoms in total. The topological polar surface area (TPSA) is 29.0 Å². The molecule has 0 bridgehead atoms. The second kappa shape index (κ2) is 11.8. The fourth-order valence-corrected chi connectivity index (χ4v) is 11.5. The zero-order valence-electron chi connectivity index (χ0n) is 30.4. The Hall–Kier alpha value is -6.92. The predicted octanol–water partition coefficient (Wildman–Crippen LogP) is 15.5. The molecule has 4 heterocycles. The molecule has 264 valence electrons. The molecule has 0 aliphatic carbocycles. The SMILES string of the molecule is c1ccc2cc3c(cc2c1)-c1cccc2cccc(c12)N3c1cc(-c2nc(-c3ccc4c(c3)sc3ccccc34)c3sc4ccccc4c3n2)c2ccccc2c1. The molecule has 0 radical (unpaired) electrons. The number of hydrogen-bond acceptors (Lipinski definition) is 5. The Morgan fingerprint density at radius 2 is 1.09 bits per heavy atom. The van der Waals surface area contributed by atoms with Gasteiger partial charge in [0, 0.05) is 58.0 Å². The second-order valence-electron chi connectivity index (χ2n) is 14.9. The lowest BCUT2D eigenvalue weighted by Crippen LogP contribution is -2.15. The fourth-order valence-electron chi connectivity index (χ4n) is 9.16. The number of benzene rings is 9. The van der Waals surface area contributed by atoms with E-state index in [-0.39, 0.29) is 0 Å². The summed E-state index contributed by atoms with van der Waals surface area (Å²) in [6, 6.07) is 64.3. The normalized spacial score (nSPS) is 12.5. The van der Waals surface area contributed by atoms with Gasteiger partial charge in [0.1, 0.15) is 0 Å². The number of aromatic nitrogens is 2. The van der Waals surface area contributed by atoms with Gasteiger partial charge in [-0.1, -0.05) is 127 Å². The van der Waals surface area contributed by atoms with Crippen LogP contribution in [0.1, 0.15) is 0 Å². The number of anilines is 3. The van der Waals surface area contributed by atoms with Crippen LogP contribution in [0, 0.1) is 0 Å². The van der Waals surface area contributed by atoms with Crippen molar-refractivity contribution >= 4 is 113 Å². The van der Waals surface area contributed by atoms with Crippen molar-refractivity contribution in [2.75, 3.05) is 4.90 Å². The summed E-state index contributed by atoms with van der Waals surface area (Å²) >= 11 is 3.62. The molecule has 13 rings (SSSR count). The first-order valence-electron chi connectivity index (χ1n) is 19.2. The number of fused-ring (bicyclic) bond motifs is 10. The first-order chi connectivity index (χ1) is 28.2. The van der Waals surface area contributed by atoms with Gasteiger partial charge in [0.25, 0.3) is 0 Å². The molecule has 5 heteroatoms. The van der Waals surface area contributed by atoms with Crippen molar-refractivity contribution in [3.63, 3.8) is 0 Å². The Morgan fingerprint density at radius 1 is 0.404 bits per heavy atom. The third kappa shape index (κ3) is 4.58. The van der Waals surface area contributed by atoms with E-state index in [9.17, 15) is 0 Å². The maximum absolute atomic E-state index is 5.58. The molecule has 0 atom stereocenters. The van der Waals surface area contributed by atoms with Gasteiger partial charge in [0.15, 0.2) is 5.82 Å². The van der Waals surface area contributed by atoms with Crippen LogP contribution in [-0.2, 0) is 0 Å². The second-order valence-corrected chi connectivity index (χ2v) is 17.1. The molecule has 0 unspecified atom stereocenters. The van der Waals surface area contributed by atoms with E-state index in [0.717, 1.165) is 54.7 Å². The molecule has 0 amide bonds. The minimum absolute atomic E-state index is 0.727. The van der Waals surface area contributed by atoms with E-state index in [1.54, 1.807) is 11.3 Å². The number of hydrogen-bond donors (Lipinski definition) is 0. The van der Waals surface area contributed by atoms with Crippen molar-refractivity contribution in [1.82, 2.24) is 9.97 Å². The Balaban J connectivity index is 1.10. The van der Waals surface area contributed by atoms with Crippen molar-refractivity contribution in [3.8, 4) is 33.8 Å². The van der Waals surface area contributed by atoms with Crippen LogP contribution in [0.4, 0.5) is 17.1 Å². The molecule has 1 aliphatic heterocycles. The standard InChI is InChI=1S/C52H29N3S2/c1-2-12-32-27-44-41(26-31(32)11-1)39-19-9-14-30-15-10-20-43(48(30)39)55(44)35-25-33-13-3-4-16-36(33)42(29-35)52-53-49(51-50(54-52)40-18-6-8-22-46(40)57-51)34-23-24-38-37-17-5-7-21-45(37)56-47(38)28-34/h1-29H.